The van der Waals surface area contributed by atoms with Gasteiger partial charge in [-0.3, -0.25) is 0 Å². The van der Waals surface area contributed by atoms with E-state index in [0.717, 1.165) is 33.4 Å². The molecule has 1 aromatic heterocycles. The number of rotatable bonds is 5. The molecule has 2 rings (SSSR count). The Labute approximate surface area is 136 Å². The van der Waals surface area contributed by atoms with Gasteiger partial charge in [0, 0.05) is 22.9 Å². The van der Waals surface area contributed by atoms with E-state index in [-0.39, 0.29) is 0 Å². The fourth-order valence-electron chi connectivity index (χ4n) is 1.94. The molecule has 0 radical (unpaired) electrons. The molecule has 0 atom stereocenters. The summed E-state index contributed by atoms with van der Waals surface area (Å²) in [5.74, 6) is 0.908. The number of hydrogen-bond donors (Lipinski definition) is 1. The van der Waals surface area contributed by atoms with Crippen LogP contribution in [0.3, 0.4) is 0 Å². The SMILES string of the molecule is Cc1ccc(N(CCCN)c2ncc(Br)cc2Br)cc1. The standard InChI is InChI=1S/C15H17Br2N3/c1-11-3-5-13(6-4-11)20(8-2-7-18)15-14(17)9-12(16)10-19-15/h3-6,9-10H,2,7-8,18H2,1H3. The lowest BCUT2D eigenvalue weighted by Crippen LogP contribution is -2.22. The topological polar surface area (TPSA) is 42.1 Å². The molecule has 1 aromatic carbocycles. The van der Waals surface area contributed by atoms with E-state index < -0.39 is 0 Å². The van der Waals surface area contributed by atoms with Gasteiger partial charge < -0.3 is 10.6 Å². The highest BCUT2D eigenvalue weighted by Crippen LogP contribution is 2.32. The fraction of sp³-hybridized carbons (Fsp3) is 0.267. The Balaban J connectivity index is 2.38. The highest BCUT2D eigenvalue weighted by molar-refractivity contribution is 9.11. The number of aromatic nitrogens is 1. The summed E-state index contributed by atoms with van der Waals surface area (Å²) in [5.41, 5.74) is 8.02. The second kappa shape index (κ2) is 7.20. The lowest BCUT2D eigenvalue weighted by atomic mass is 10.2. The number of benzene rings is 1. The smallest absolute Gasteiger partial charge is 0.147 e. The zero-order valence-electron chi connectivity index (χ0n) is 11.3. The van der Waals surface area contributed by atoms with Gasteiger partial charge in [0.25, 0.3) is 0 Å². The Morgan fingerprint density at radius 2 is 1.90 bits per heavy atom. The number of aryl methyl sites for hydroxylation is 1. The van der Waals surface area contributed by atoms with Crippen molar-refractivity contribution in [1.82, 2.24) is 4.98 Å². The quantitative estimate of drug-likeness (QED) is 0.811. The highest BCUT2D eigenvalue weighted by atomic mass is 79.9. The second-order valence-corrected chi connectivity index (χ2v) is 6.36. The molecule has 0 bridgehead atoms. The van der Waals surface area contributed by atoms with Crippen molar-refractivity contribution in [3.63, 3.8) is 0 Å². The minimum atomic E-state index is 0.663. The van der Waals surface area contributed by atoms with Crippen molar-refractivity contribution >= 4 is 43.4 Å². The van der Waals surface area contributed by atoms with Crippen molar-refractivity contribution in [2.45, 2.75) is 13.3 Å². The zero-order valence-corrected chi connectivity index (χ0v) is 14.5. The third-order valence-electron chi connectivity index (χ3n) is 2.98. The molecule has 0 aliphatic heterocycles. The number of nitrogens with two attached hydrogens (primary N) is 1. The lowest BCUT2D eigenvalue weighted by molar-refractivity contribution is 0.808. The van der Waals surface area contributed by atoms with Gasteiger partial charge in [-0.25, -0.2) is 4.98 Å². The van der Waals surface area contributed by atoms with Gasteiger partial charge >= 0.3 is 0 Å². The Bertz CT molecular complexity index is 570. The van der Waals surface area contributed by atoms with E-state index in [4.69, 9.17) is 5.73 Å². The van der Waals surface area contributed by atoms with Crippen molar-refractivity contribution in [1.29, 1.82) is 0 Å². The molecule has 20 heavy (non-hydrogen) atoms. The fourth-order valence-corrected chi connectivity index (χ4v) is 3.14. The van der Waals surface area contributed by atoms with Crippen LogP contribution in [0, 0.1) is 6.92 Å². The molecule has 2 aromatic rings. The molecular weight excluding hydrogens is 382 g/mol. The number of hydrogen-bond acceptors (Lipinski definition) is 3. The van der Waals surface area contributed by atoms with Crippen molar-refractivity contribution in [2.75, 3.05) is 18.0 Å². The molecule has 0 spiro atoms. The molecule has 2 N–H and O–H groups in total. The van der Waals surface area contributed by atoms with Crippen molar-refractivity contribution in [2.24, 2.45) is 5.73 Å². The molecule has 0 amide bonds. The first-order valence-corrected chi connectivity index (χ1v) is 8.05. The van der Waals surface area contributed by atoms with Crippen molar-refractivity contribution < 1.29 is 0 Å². The van der Waals surface area contributed by atoms with Gasteiger partial charge in [0.15, 0.2) is 0 Å². The van der Waals surface area contributed by atoms with E-state index in [0.29, 0.717) is 6.54 Å². The molecule has 0 saturated heterocycles. The maximum Gasteiger partial charge on any atom is 0.147 e. The van der Waals surface area contributed by atoms with Gasteiger partial charge in [-0.1, -0.05) is 17.7 Å². The van der Waals surface area contributed by atoms with Crippen LogP contribution in [0.15, 0.2) is 45.5 Å². The monoisotopic (exact) mass is 397 g/mol. The normalized spacial score (nSPS) is 10.6. The summed E-state index contributed by atoms with van der Waals surface area (Å²) in [6.07, 6.45) is 2.72. The average Bonchev–Trinajstić information content (AvgIpc) is 2.42. The summed E-state index contributed by atoms with van der Waals surface area (Å²) in [6, 6.07) is 10.4. The third-order valence-corrected chi connectivity index (χ3v) is 3.99. The summed E-state index contributed by atoms with van der Waals surface area (Å²) >= 11 is 7.02. The van der Waals surface area contributed by atoms with Gasteiger partial charge in [-0.2, -0.15) is 0 Å². The Morgan fingerprint density at radius 3 is 2.50 bits per heavy atom. The molecule has 0 aliphatic rings. The summed E-state index contributed by atoms with van der Waals surface area (Å²) in [7, 11) is 0. The van der Waals surface area contributed by atoms with Crippen LogP contribution in [-0.2, 0) is 0 Å². The first kappa shape index (κ1) is 15.5. The zero-order chi connectivity index (χ0) is 14.5. The number of anilines is 2. The largest absolute Gasteiger partial charge is 0.330 e. The molecule has 0 aliphatic carbocycles. The van der Waals surface area contributed by atoms with Crippen LogP contribution in [0.5, 0.6) is 0 Å². The van der Waals surface area contributed by atoms with Crippen LogP contribution >= 0.6 is 31.9 Å². The maximum atomic E-state index is 5.65. The van der Waals surface area contributed by atoms with Crippen LogP contribution in [0.25, 0.3) is 0 Å². The first-order valence-electron chi connectivity index (χ1n) is 6.47. The Kier molecular flexibility index (Phi) is 5.57. The molecule has 0 saturated carbocycles. The van der Waals surface area contributed by atoms with Gasteiger partial charge in [0.2, 0.25) is 0 Å². The first-order chi connectivity index (χ1) is 9.61. The van der Waals surface area contributed by atoms with Crippen LogP contribution in [-0.4, -0.2) is 18.1 Å². The van der Waals surface area contributed by atoms with E-state index in [1.165, 1.54) is 5.56 Å². The maximum absolute atomic E-state index is 5.65. The Hall–Kier alpha value is -0.910. The molecule has 0 fully saturated rings. The Morgan fingerprint density at radius 1 is 1.20 bits per heavy atom. The van der Waals surface area contributed by atoms with Crippen LogP contribution in [0.2, 0.25) is 0 Å². The summed E-state index contributed by atoms with van der Waals surface area (Å²) in [4.78, 5) is 6.70. The van der Waals surface area contributed by atoms with E-state index >= 15 is 0 Å². The number of pyridine rings is 1. The van der Waals surface area contributed by atoms with E-state index in [1.807, 2.05) is 12.3 Å². The minimum absolute atomic E-state index is 0.663. The molecule has 1 heterocycles. The summed E-state index contributed by atoms with van der Waals surface area (Å²) < 4.78 is 1.92. The predicted molar refractivity (Wildman–Crippen MR) is 91.5 cm³/mol. The van der Waals surface area contributed by atoms with Crippen molar-refractivity contribution in [3.8, 4) is 0 Å². The molecule has 5 heteroatoms. The minimum Gasteiger partial charge on any atom is -0.330 e. The van der Waals surface area contributed by atoms with Gasteiger partial charge in [0.1, 0.15) is 5.82 Å². The van der Waals surface area contributed by atoms with Crippen LogP contribution < -0.4 is 10.6 Å². The second-order valence-electron chi connectivity index (χ2n) is 4.59. The van der Waals surface area contributed by atoms with Crippen LogP contribution in [0.1, 0.15) is 12.0 Å². The molecular formula is C15H17Br2N3. The number of nitrogens with zero attached hydrogens (tertiary/aromatic N) is 2. The van der Waals surface area contributed by atoms with E-state index in [9.17, 15) is 0 Å². The average molecular weight is 399 g/mol. The van der Waals surface area contributed by atoms with Gasteiger partial charge in [-0.15, -0.1) is 0 Å². The summed E-state index contributed by atoms with van der Waals surface area (Å²) in [5, 5.41) is 0. The molecule has 106 valence electrons. The number of halogens is 2. The molecule has 0 unspecified atom stereocenters. The van der Waals surface area contributed by atoms with E-state index in [2.05, 4.69) is 72.9 Å². The molecule has 3 nitrogen and oxygen atoms in total. The van der Waals surface area contributed by atoms with Crippen molar-refractivity contribution in [3.05, 3.63) is 51.0 Å². The lowest BCUT2D eigenvalue weighted by Gasteiger charge is -2.25. The van der Waals surface area contributed by atoms with Gasteiger partial charge in [0.05, 0.1) is 4.47 Å². The summed E-state index contributed by atoms with van der Waals surface area (Å²) in [6.45, 7) is 3.59. The third kappa shape index (κ3) is 3.81. The van der Waals surface area contributed by atoms with Crippen LogP contribution in [0.4, 0.5) is 11.5 Å². The predicted octanol–water partition coefficient (Wildman–Crippen LogP) is 4.40. The highest BCUT2D eigenvalue weighted by Gasteiger charge is 2.13. The van der Waals surface area contributed by atoms with E-state index in [1.54, 1.807) is 0 Å². The van der Waals surface area contributed by atoms with Gasteiger partial charge in [-0.05, 0) is 69.9 Å².